The molecule has 3 unspecified atom stereocenters. The summed E-state index contributed by atoms with van der Waals surface area (Å²) in [6.45, 7) is 3.46. The van der Waals surface area contributed by atoms with Crippen molar-refractivity contribution in [2.45, 2.75) is 56.6 Å². The van der Waals surface area contributed by atoms with E-state index in [1.807, 2.05) is 0 Å². The van der Waals surface area contributed by atoms with Gasteiger partial charge in [0.2, 0.25) is 5.91 Å². The molecule has 3 atom stereocenters. The molecule has 3 aliphatic rings. The summed E-state index contributed by atoms with van der Waals surface area (Å²) >= 11 is 0. The van der Waals surface area contributed by atoms with Crippen molar-refractivity contribution in [2.24, 2.45) is 0 Å². The van der Waals surface area contributed by atoms with Gasteiger partial charge in [-0.25, -0.2) is 5.06 Å². The zero-order chi connectivity index (χ0) is 12.4. The van der Waals surface area contributed by atoms with E-state index in [2.05, 4.69) is 0 Å². The van der Waals surface area contributed by atoms with E-state index in [4.69, 9.17) is 9.47 Å². The molecule has 0 aromatic heterocycles. The van der Waals surface area contributed by atoms with E-state index < -0.39 is 23.5 Å². The van der Waals surface area contributed by atoms with Crippen LogP contribution in [0.5, 0.6) is 0 Å². The fourth-order valence-corrected chi connectivity index (χ4v) is 3.00. The highest BCUT2D eigenvalue weighted by Crippen LogP contribution is 2.48. The second-order valence-corrected chi connectivity index (χ2v) is 5.43. The van der Waals surface area contributed by atoms with Crippen molar-refractivity contribution in [3.63, 3.8) is 0 Å². The van der Waals surface area contributed by atoms with Gasteiger partial charge in [0.15, 0.2) is 11.6 Å². The summed E-state index contributed by atoms with van der Waals surface area (Å²) in [5.41, 5.74) is -0.760. The maximum Gasteiger partial charge on any atom is 0.249 e. The Bertz CT molecular complexity index is 407. The molecule has 3 rings (SSSR count). The van der Waals surface area contributed by atoms with Crippen molar-refractivity contribution in [3.8, 4) is 0 Å². The van der Waals surface area contributed by atoms with Crippen LogP contribution in [0.3, 0.4) is 0 Å². The number of ketones is 1. The molecule has 1 amide bonds. The van der Waals surface area contributed by atoms with Crippen LogP contribution in [0.4, 0.5) is 0 Å². The molecular formula is C11H15NO5. The first-order valence-electron chi connectivity index (χ1n) is 5.76. The lowest BCUT2D eigenvalue weighted by molar-refractivity contribution is -0.263. The molecule has 0 aromatic rings. The first-order valence-corrected chi connectivity index (χ1v) is 5.76. The molecule has 0 radical (unpaired) electrons. The Morgan fingerprint density at radius 3 is 2.65 bits per heavy atom. The van der Waals surface area contributed by atoms with Gasteiger partial charge < -0.3 is 9.47 Å². The third kappa shape index (κ3) is 1.31. The first-order chi connectivity index (χ1) is 7.86. The Kier molecular flexibility index (Phi) is 2.01. The minimum Gasteiger partial charge on any atom is -0.341 e. The summed E-state index contributed by atoms with van der Waals surface area (Å²) < 4.78 is 11.3. The zero-order valence-corrected chi connectivity index (χ0v) is 9.80. The van der Waals surface area contributed by atoms with E-state index in [-0.39, 0.29) is 18.1 Å². The molecule has 6 nitrogen and oxygen atoms in total. The van der Waals surface area contributed by atoms with Crippen LogP contribution >= 0.6 is 0 Å². The average Bonchev–Trinajstić information content (AvgIpc) is 2.59. The second kappa shape index (κ2) is 3.07. The van der Waals surface area contributed by atoms with Crippen LogP contribution in [0, 0.1) is 0 Å². The molecule has 3 fully saturated rings. The summed E-state index contributed by atoms with van der Waals surface area (Å²) in [4.78, 5) is 23.0. The first kappa shape index (κ1) is 11.1. The molecule has 1 saturated carbocycles. The smallest absolute Gasteiger partial charge is 0.249 e. The van der Waals surface area contributed by atoms with Crippen LogP contribution in [0.2, 0.25) is 0 Å². The highest BCUT2D eigenvalue weighted by molar-refractivity contribution is 5.90. The number of nitrogens with zero attached hydrogens (tertiary/aromatic N) is 1. The van der Waals surface area contributed by atoms with Crippen LogP contribution in [0.25, 0.3) is 0 Å². The number of hydrogen-bond acceptors (Lipinski definition) is 5. The predicted octanol–water partition coefficient (Wildman–Crippen LogP) is 0.230. The molecule has 2 heterocycles. The number of Topliss-reactive ketones (excluding diaryl/α,β-unsaturated/α-hetero) is 1. The van der Waals surface area contributed by atoms with Crippen LogP contribution in [0.1, 0.15) is 33.1 Å². The van der Waals surface area contributed by atoms with Gasteiger partial charge in [0, 0.05) is 6.42 Å². The number of carbonyl (C=O) groups excluding carboxylic acids is 2. The number of carbonyl (C=O) groups is 2. The average molecular weight is 241 g/mol. The number of hydrogen-bond donors (Lipinski definition) is 1. The fraction of sp³-hybridized carbons (Fsp3) is 0.818. The predicted molar refractivity (Wildman–Crippen MR) is 54.0 cm³/mol. The minimum atomic E-state index is -0.845. The molecule has 0 aromatic carbocycles. The molecule has 1 N–H and O–H groups in total. The summed E-state index contributed by atoms with van der Waals surface area (Å²) in [6, 6.07) is 0. The summed E-state index contributed by atoms with van der Waals surface area (Å²) in [6.07, 6.45) is -0.250. The Balaban J connectivity index is 1.94. The molecule has 1 spiro atoms. The third-order valence-corrected chi connectivity index (χ3v) is 3.86. The van der Waals surface area contributed by atoms with Gasteiger partial charge in [0.1, 0.15) is 17.7 Å². The molecule has 17 heavy (non-hydrogen) atoms. The monoisotopic (exact) mass is 241 g/mol. The number of ether oxygens (including phenoxy) is 2. The number of rotatable bonds is 0. The quantitative estimate of drug-likeness (QED) is 0.485. The lowest BCUT2D eigenvalue weighted by atomic mass is 9.70. The van der Waals surface area contributed by atoms with Gasteiger partial charge in [-0.1, -0.05) is 0 Å². The molecule has 2 saturated heterocycles. The van der Waals surface area contributed by atoms with Gasteiger partial charge in [-0.05, 0) is 20.3 Å². The Labute approximate surface area is 98.4 Å². The minimum absolute atomic E-state index is 0.0149. The third-order valence-electron chi connectivity index (χ3n) is 3.86. The van der Waals surface area contributed by atoms with Crippen LogP contribution in [-0.2, 0) is 19.1 Å². The molecule has 6 heteroatoms. The van der Waals surface area contributed by atoms with E-state index >= 15 is 0 Å². The Morgan fingerprint density at radius 1 is 1.35 bits per heavy atom. The van der Waals surface area contributed by atoms with Crippen LogP contribution in [-0.4, -0.2) is 45.5 Å². The number of β-lactam (4-membered cyclic amide) rings is 1. The maximum atomic E-state index is 11.8. The normalized spacial score (nSPS) is 43.8. The second-order valence-electron chi connectivity index (χ2n) is 5.43. The standard InChI is InChI=1S/C11H15NO5/c1-10(2)16-8-6(13)3-4-11(9(8)17-10)5-7(14)12(11)15/h8-9,15H,3-5H2,1-2H3. The largest absolute Gasteiger partial charge is 0.341 e. The van der Waals surface area contributed by atoms with E-state index in [1.54, 1.807) is 13.8 Å². The van der Waals surface area contributed by atoms with Crippen molar-refractivity contribution in [1.29, 1.82) is 0 Å². The highest BCUT2D eigenvalue weighted by Gasteiger charge is 2.66. The molecular weight excluding hydrogens is 226 g/mol. The SMILES string of the molecule is CC1(C)OC2C(=O)CCC3(CC(=O)N3O)C2O1. The lowest BCUT2D eigenvalue weighted by Crippen LogP contribution is -2.72. The van der Waals surface area contributed by atoms with E-state index in [1.165, 1.54) is 0 Å². The topological polar surface area (TPSA) is 76.1 Å². The van der Waals surface area contributed by atoms with Gasteiger partial charge in [-0.3, -0.25) is 14.8 Å². The van der Waals surface area contributed by atoms with Crippen molar-refractivity contribution in [2.75, 3.05) is 0 Å². The Morgan fingerprint density at radius 2 is 2.06 bits per heavy atom. The van der Waals surface area contributed by atoms with Crippen LogP contribution < -0.4 is 0 Å². The summed E-state index contributed by atoms with van der Waals surface area (Å²) in [5.74, 6) is -1.19. The van der Waals surface area contributed by atoms with E-state index in [9.17, 15) is 14.8 Å². The Hall–Kier alpha value is -0.980. The summed E-state index contributed by atoms with van der Waals surface area (Å²) in [7, 11) is 0. The number of fused-ring (bicyclic) bond motifs is 2. The molecule has 1 aliphatic carbocycles. The van der Waals surface area contributed by atoms with Crippen molar-refractivity contribution >= 4 is 11.7 Å². The van der Waals surface area contributed by atoms with Crippen molar-refractivity contribution in [1.82, 2.24) is 5.06 Å². The molecule has 2 aliphatic heterocycles. The van der Waals surface area contributed by atoms with Gasteiger partial charge >= 0.3 is 0 Å². The fourth-order valence-electron chi connectivity index (χ4n) is 3.00. The molecule has 94 valence electrons. The van der Waals surface area contributed by atoms with E-state index in [0.29, 0.717) is 12.8 Å². The maximum absolute atomic E-state index is 11.8. The van der Waals surface area contributed by atoms with Crippen molar-refractivity contribution < 1.29 is 24.3 Å². The zero-order valence-electron chi connectivity index (χ0n) is 9.80. The van der Waals surface area contributed by atoms with E-state index in [0.717, 1.165) is 5.06 Å². The van der Waals surface area contributed by atoms with Gasteiger partial charge in [-0.15, -0.1) is 0 Å². The lowest BCUT2D eigenvalue weighted by Gasteiger charge is -2.53. The number of hydroxylamine groups is 2. The van der Waals surface area contributed by atoms with Gasteiger partial charge in [0.05, 0.1) is 6.42 Å². The summed E-state index contributed by atoms with van der Waals surface area (Å²) in [5, 5.41) is 10.5. The molecule has 0 bridgehead atoms. The van der Waals surface area contributed by atoms with Gasteiger partial charge in [-0.2, -0.15) is 0 Å². The highest BCUT2D eigenvalue weighted by atomic mass is 16.8. The van der Waals surface area contributed by atoms with Crippen LogP contribution in [0.15, 0.2) is 0 Å². The van der Waals surface area contributed by atoms with Crippen molar-refractivity contribution in [3.05, 3.63) is 0 Å². The number of amides is 1. The van der Waals surface area contributed by atoms with Gasteiger partial charge in [0.25, 0.3) is 0 Å².